The van der Waals surface area contributed by atoms with Crippen LogP contribution in [0.1, 0.15) is 15.9 Å². The van der Waals surface area contributed by atoms with E-state index in [1.807, 2.05) is 36.4 Å². The summed E-state index contributed by atoms with van der Waals surface area (Å²) >= 11 is 0. The summed E-state index contributed by atoms with van der Waals surface area (Å²) < 4.78 is 13.7. The van der Waals surface area contributed by atoms with Gasteiger partial charge in [0.05, 0.1) is 23.0 Å². The van der Waals surface area contributed by atoms with E-state index in [1.54, 1.807) is 36.7 Å². The molecule has 1 N–H and O–H groups in total. The smallest absolute Gasteiger partial charge is 0.267 e. The minimum atomic E-state index is -0.409. The lowest BCUT2D eigenvalue weighted by atomic mass is 10.0. The number of nitrogens with zero attached hydrogens (tertiary/aromatic N) is 3. The van der Waals surface area contributed by atoms with Crippen molar-refractivity contribution in [3.05, 3.63) is 96.1 Å². The summed E-state index contributed by atoms with van der Waals surface area (Å²) in [5.74, 6) is -0.815. The number of rotatable bonds is 4. The van der Waals surface area contributed by atoms with Crippen LogP contribution in [-0.2, 0) is 0 Å². The molecule has 0 saturated heterocycles. The van der Waals surface area contributed by atoms with Crippen LogP contribution in [0.3, 0.4) is 0 Å². The van der Waals surface area contributed by atoms with Gasteiger partial charge in [-0.15, -0.1) is 0 Å². The Morgan fingerprint density at radius 3 is 2.68 bits per heavy atom. The van der Waals surface area contributed by atoms with Crippen LogP contribution >= 0.6 is 0 Å². The minimum absolute atomic E-state index is 0.290. The van der Waals surface area contributed by atoms with Crippen LogP contribution < -0.4 is 5.43 Å². The minimum Gasteiger partial charge on any atom is -0.267 e. The Bertz CT molecular complexity index is 1180. The second-order valence-corrected chi connectivity index (χ2v) is 6.03. The zero-order chi connectivity index (χ0) is 19.3. The molecule has 2 heterocycles. The molecule has 0 bridgehead atoms. The van der Waals surface area contributed by atoms with Gasteiger partial charge < -0.3 is 0 Å². The molecule has 4 aromatic rings. The average Bonchev–Trinajstić information content (AvgIpc) is 2.75. The van der Waals surface area contributed by atoms with Gasteiger partial charge in [-0.2, -0.15) is 5.10 Å². The maximum absolute atomic E-state index is 13.7. The third kappa shape index (κ3) is 3.61. The van der Waals surface area contributed by atoms with Gasteiger partial charge in [-0.05, 0) is 30.3 Å². The van der Waals surface area contributed by atoms with Crippen molar-refractivity contribution in [3.63, 3.8) is 0 Å². The molecule has 28 heavy (non-hydrogen) atoms. The summed E-state index contributed by atoms with van der Waals surface area (Å²) in [6.45, 7) is 0. The van der Waals surface area contributed by atoms with Gasteiger partial charge in [0.15, 0.2) is 0 Å². The Kier molecular flexibility index (Phi) is 4.84. The average molecular weight is 370 g/mol. The molecule has 0 fully saturated rings. The van der Waals surface area contributed by atoms with Crippen molar-refractivity contribution in [1.82, 2.24) is 15.4 Å². The molecule has 5 nitrogen and oxygen atoms in total. The highest BCUT2D eigenvalue weighted by atomic mass is 19.1. The molecule has 2 aromatic heterocycles. The zero-order valence-corrected chi connectivity index (χ0v) is 14.7. The van der Waals surface area contributed by atoms with Gasteiger partial charge in [0.2, 0.25) is 0 Å². The molecule has 4 rings (SSSR count). The normalized spacial score (nSPS) is 11.0. The van der Waals surface area contributed by atoms with E-state index in [4.69, 9.17) is 0 Å². The summed E-state index contributed by atoms with van der Waals surface area (Å²) in [7, 11) is 0. The number of fused-ring (bicyclic) bond motifs is 1. The lowest BCUT2D eigenvalue weighted by Gasteiger charge is -2.08. The number of pyridine rings is 2. The molecule has 2 aromatic carbocycles. The van der Waals surface area contributed by atoms with Crippen molar-refractivity contribution in [3.8, 4) is 11.3 Å². The van der Waals surface area contributed by atoms with Crippen LogP contribution in [0.5, 0.6) is 0 Å². The van der Waals surface area contributed by atoms with E-state index in [1.165, 1.54) is 12.3 Å². The monoisotopic (exact) mass is 370 g/mol. The molecule has 0 saturated carbocycles. The third-order valence-corrected chi connectivity index (χ3v) is 4.19. The first-order valence-corrected chi connectivity index (χ1v) is 8.60. The van der Waals surface area contributed by atoms with Crippen molar-refractivity contribution in [2.24, 2.45) is 5.10 Å². The number of hydrogen-bond donors (Lipinski definition) is 1. The number of hydrogen-bond acceptors (Lipinski definition) is 4. The lowest BCUT2D eigenvalue weighted by molar-refractivity contribution is 0.0956. The van der Waals surface area contributed by atoms with Crippen LogP contribution in [-0.4, -0.2) is 22.1 Å². The van der Waals surface area contributed by atoms with Crippen molar-refractivity contribution in [1.29, 1.82) is 0 Å². The summed E-state index contributed by atoms with van der Waals surface area (Å²) in [4.78, 5) is 21.5. The second kappa shape index (κ2) is 7.75. The quantitative estimate of drug-likeness (QED) is 0.432. The van der Waals surface area contributed by atoms with Crippen LogP contribution in [0.15, 0.2) is 84.2 Å². The van der Waals surface area contributed by atoms with Gasteiger partial charge in [0.25, 0.3) is 5.91 Å². The van der Waals surface area contributed by atoms with E-state index < -0.39 is 11.7 Å². The fraction of sp³-hybridized carbons (Fsp3) is 0. The van der Waals surface area contributed by atoms with Gasteiger partial charge in [-0.1, -0.05) is 36.4 Å². The molecule has 1 amide bonds. The van der Waals surface area contributed by atoms with E-state index in [2.05, 4.69) is 20.5 Å². The number of amides is 1. The first kappa shape index (κ1) is 17.5. The molecule has 0 unspecified atom stereocenters. The number of aromatic nitrogens is 2. The Hall–Kier alpha value is -3.93. The summed E-state index contributed by atoms with van der Waals surface area (Å²) in [5.41, 5.74) is 5.31. The standard InChI is InChI=1S/C22H15FN4O/c23-19-9-3-1-6-15(19)14-25-27-22(28)18-12-21(16-7-5-11-24-13-16)26-20-10-4-2-8-17(18)20/h1-14H,(H,27,28). The molecule has 0 aliphatic heterocycles. The third-order valence-electron chi connectivity index (χ3n) is 4.19. The Labute approximate surface area is 160 Å². The molecular formula is C22H15FN4O. The largest absolute Gasteiger partial charge is 0.272 e. The van der Waals surface area contributed by atoms with Crippen molar-refractivity contribution in [2.45, 2.75) is 0 Å². The molecule has 0 aliphatic carbocycles. The predicted molar refractivity (Wildman–Crippen MR) is 106 cm³/mol. The molecule has 6 heteroatoms. The van der Waals surface area contributed by atoms with Crippen molar-refractivity contribution in [2.75, 3.05) is 0 Å². The molecule has 136 valence electrons. The van der Waals surface area contributed by atoms with Crippen LogP contribution in [0.25, 0.3) is 22.2 Å². The molecular weight excluding hydrogens is 355 g/mol. The number of hydrazone groups is 1. The Balaban J connectivity index is 1.69. The van der Waals surface area contributed by atoms with Gasteiger partial charge in [0, 0.05) is 28.9 Å². The van der Waals surface area contributed by atoms with E-state index >= 15 is 0 Å². The number of carbonyl (C=O) groups excluding carboxylic acids is 1. The molecule has 0 atom stereocenters. The lowest BCUT2D eigenvalue weighted by Crippen LogP contribution is -2.18. The number of carbonyl (C=O) groups is 1. The number of halogens is 1. The first-order valence-electron chi connectivity index (χ1n) is 8.60. The molecule has 0 radical (unpaired) electrons. The van der Waals surface area contributed by atoms with Crippen LogP contribution in [0.4, 0.5) is 4.39 Å². The summed E-state index contributed by atoms with van der Waals surface area (Å²) in [5, 5.41) is 4.59. The fourth-order valence-corrected chi connectivity index (χ4v) is 2.83. The number of benzene rings is 2. The van der Waals surface area contributed by atoms with Gasteiger partial charge >= 0.3 is 0 Å². The van der Waals surface area contributed by atoms with Crippen molar-refractivity contribution >= 4 is 23.0 Å². The molecule has 0 aliphatic rings. The van der Waals surface area contributed by atoms with E-state index in [9.17, 15) is 9.18 Å². The van der Waals surface area contributed by atoms with E-state index in [0.29, 0.717) is 27.7 Å². The predicted octanol–water partition coefficient (Wildman–Crippen LogP) is 4.20. The second-order valence-electron chi connectivity index (χ2n) is 6.03. The van der Waals surface area contributed by atoms with Gasteiger partial charge in [-0.25, -0.2) is 14.8 Å². The first-order chi connectivity index (χ1) is 13.7. The highest BCUT2D eigenvalue weighted by molar-refractivity contribution is 6.07. The SMILES string of the molecule is O=C(NN=Cc1ccccc1F)c1cc(-c2cccnc2)nc2ccccc12. The zero-order valence-electron chi connectivity index (χ0n) is 14.7. The maximum Gasteiger partial charge on any atom is 0.272 e. The van der Waals surface area contributed by atoms with E-state index in [0.717, 1.165) is 5.56 Å². The highest BCUT2D eigenvalue weighted by Crippen LogP contribution is 2.24. The summed E-state index contributed by atoms with van der Waals surface area (Å²) in [6, 6.07) is 19.0. The van der Waals surface area contributed by atoms with Crippen LogP contribution in [0, 0.1) is 5.82 Å². The Morgan fingerprint density at radius 2 is 1.86 bits per heavy atom. The van der Waals surface area contributed by atoms with Crippen molar-refractivity contribution < 1.29 is 9.18 Å². The maximum atomic E-state index is 13.7. The Morgan fingerprint density at radius 1 is 1.04 bits per heavy atom. The number of para-hydroxylation sites is 1. The highest BCUT2D eigenvalue weighted by Gasteiger charge is 2.13. The fourth-order valence-electron chi connectivity index (χ4n) is 2.83. The van der Waals surface area contributed by atoms with Gasteiger partial charge in [0.1, 0.15) is 5.82 Å². The van der Waals surface area contributed by atoms with Crippen LogP contribution in [0.2, 0.25) is 0 Å². The topological polar surface area (TPSA) is 67.2 Å². The number of nitrogens with one attached hydrogen (secondary N) is 1. The van der Waals surface area contributed by atoms with Gasteiger partial charge in [-0.3, -0.25) is 9.78 Å². The summed E-state index contributed by atoms with van der Waals surface area (Å²) in [6.07, 6.45) is 4.64. The van der Waals surface area contributed by atoms with E-state index in [-0.39, 0.29) is 0 Å². The molecule has 0 spiro atoms.